The number of carbonyl (C=O) groups is 3. The van der Waals surface area contributed by atoms with Gasteiger partial charge >= 0.3 is 0 Å². The van der Waals surface area contributed by atoms with Crippen molar-refractivity contribution >= 4 is 46.6 Å². The third-order valence-electron chi connectivity index (χ3n) is 2.20. The van der Waals surface area contributed by atoms with Crippen LogP contribution in [0.2, 0.25) is 0 Å². The number of imide groups is 1. The molecule has 2 N–H and O–H groups in total. The van der Waals surface area contributed by atoms with Crippen molar-refractivity contribution in [2.45, 2.75) is 4.84 Å². The predicted molar refractivity (Wildman–Crippen MR) is 62.4 cm³/mol. The SMILES string of the molecule is O=C1NC(=O)c2cc(NC(=O)C(Cl)Cl)ccc21. The van der Waals surface area contributed by atoms with Crippen LogP contribution in [-0.2, 0) is 4.79 Å². The minimum atomic E-state index is -1.20. The zero-order chi connectivity index (χ0) is 12.6. The fraction of sp³-hybridized carbons (Fsp3) is 0.100. The fourth-order valence-corrected chi connectivity index (χ4v) is 1.55. The summed E-state index contributed by atoms with van der Waals surface area (Å²) in [6, 6.07) is 4.33. The van der Waals surface area contributed by atoms with Crippen molar-refractivity contribution in [3.63, 3.8) is 0 Å². The van der Waals surface area contributed by atoms with Crippen molar-refractivity contribution < 1.29 is 14.4 Å². The van der Waals surface area contributed by atoms with Crippen LogP contribution in [0, 0.1) is 0 Å². The molecule has 1 heterocycles. The van der Waals surface area contributed by atoms with E-state index in [-0.39, 0.29) is 11.1 Å². The summed E-state index contributed by atoms with van der Waals surface area (Å²) >= 11 is 10.7. The van der Waals surface area contributed by atoms with Crippen LogP contribution in [0.4, 0.5) is 5.69 Å². The molecule has 0 unspecified atom stereocenters. The van der Waals surface area contributed by atoms with E-state index in [2.05, 4.69) is 10.6 Å². The molecule has 0 fully saturated rings. The molecule has 0 spiro atoms. The van der Waals surface area contributed by atoms with Crippen LogP contribution in [0.15, 0.2) is 18.2 Å². The Hall–Kier alpha value is -1.59. The monoisotopic (exact) mass is 272 g/mol. The highest BCUT2D eigenvalue weighted by Crippen LogP contribution is 2.20. The van der Waals surface area contributed by atoms with E-state index in [1.54, 1.807) is 0 Å². The van der Waals surface area contributed by atoms with Gasteiger partial charge in [0.25, 0.3) is 17.7 Å². The lowest BCUT2D eigenvalue weighted by Gasteiger charge is -2.06. The molecule has 0 bridgehead atoms. The highest BCUT2D eigenvalue weighted by Gasteiger charge is 2.26. The Morgan fingerprint density at radius 1 is 1.18 bits per heavy atom. The second-order valence-electron chi connectivity index (χ2n) is 3.33. The Labute approximate surface area is 106 Å². The van der Waals surface area contributed by atoms with Crippen LogP contribution in [0.1, 0.15) is 20.7 Å². The summed E-state index contributed by atoms with van der Waals surface area (Å²) in [4.78, 5) is 32.6. The maximum atomic E-state index is 11.4. The predicted octanol–water partition coefficient (Wildman–Crippen LogP) is 1.31. The first-order valence-electron chi connectivity index (χ1n) is 4.58. The second-order valence-corrected chi connectivity index (χ2v) is 4.43. The number of fused-ring (bicyclic) bond motifs is 1. The van der Waals surface area contributed by atoms with Crippen LogP contribution >= 0.6 is 23.2 Å². The van der Waals surface area contributed by atoms with Gasteiger partial charge in [0, 0.05) is 5.69 Å². The van der Waals surface area contributed by atoms with E-state index in [1.807, 2.05) is 0 Å². The van der Waals surface area contributed by atoms with Crippen molar-refractivity contribution in [1.82, 2.24) is 5.32 Å². The summed E-state index contributed by atoms with van der Waals surface area (Å²) in [5.41, 5.74) is 0.847. The molecular weight excluding hydrogens is 267 g/mol. The maximum Gasteiger partial charge on any atom is 0.259 e. The van der Waals surface area contributed by atoms with Crippen molar-refractivity contribution in [1.29, 1.82) is 0 Å². The number of rotatable bonds is 2. The van der Waals surface area contributed by atoms with Crippen molar-refractivity contribution in [2.24, 2.45) is 0 Å². The molecule has 0 aromatic heterocycles. The Morgan fingerprint density at radius 2 is 1.82 bits per heavy atom. The number of alkyl halides is 2. The number of hydrogen-bond donors (Lipinski definition) is 2. The van der Waals surface area contributed by atoms with Gasteiger partial charge in [0.2, 0.25) is 0 Å². The van der Waals surface area contributed by atoms with Gasteiger partial charge in [-0.25, -0.2) is 0 Å². The Balaban J connectivity index is 2.29. The van der Waals surface area contributed by atoms with Gasteiger partial charge in [0.1, 0.15) is 0 Å². The summed E-state index contributed by atoms with van der Waals surface area (Å²) in [5, 5.41) is 4.56. The molecule has 2 rings (SSSR count). The molecule has 1 aromatic rings. The van der Waals surface area contributed by atoms with E-state index in [0.29, 0.717) is 5.69 Å². The van der Waals surface area contributed by atoms with Gasteiger partial charge in [-0.2, -0.15) is 0 Å². The third kappa shape index (κ3) is 2.25. The normalized spacial score (nSPS) is 13.6. The molecule has 0 saturated heterocycles. The van der Waals surface area contributed by atoms with E-state index in [4.69, 9.17) is 23.2 Å². The average Bonchev–Trinajstić information content (AvgIpc) is 2.54. The first-order valence-corrected chi connectivity index (χ1v) is 5.45. The summed E-state index contributed by atoms with van der Waals surface area (Å²) in [6.07, 6.45) is 0. The molecule has 5 nitrogen and oxygen atoms in total. The van der Waals surface area contributed by atoms with Gasteiger partial charge in [0.05, 0.1) is 11.1 Å². The number of amides is 3. The summed E-state index contributed by atoms with van der Waals surface area (Å²) in [5.74, 6) is -1.54. The molecule has 1 aromatic carbocycles. The van der Waals surface area contributed by atoms with Gasteiger partial charge in [-0.1, -0.05) is 23.2 Å². The van der Waals surface area contributed by atoms with Gasteiger partial charge in [-0.3, -0.25) is 19.7 Å². The molecule has 0 atom stereocenters. The molecule has 1 aliphatic rings. The smallest absolute Gasteiger partial charge is 0.259 e. The van der Waals surface area contributed by atoms with E-state index < -0.39 is 22.6 Å². The van der Waals surface area contributed by atoms with Gasteiger partial charge in [-0.15, -0.1) is 0 Å². The zero-order valence-corrected chi connectivity index (χ0v) is 9.80. The van der Waals surface area contributed by atoms with E-state index in [9.17, 15) is 14.4 Å². The summed E-state index contributed by atoms with van der Waals surface area (Å²) in [7, 11) is 0. The van der Waals surface area contributed by atoms with Crippen molar-refractivity contribution in [3.8, 4) is 0 Å². The second kappa shape index (κ2) is 4.35. The molecule has 3 amide bonds. The van der Waals surface area contributed by atoms with E-state index >= 15 is 0 Å². The molecule has 88 valence electrons. The minimum Gasteiger partial charge on any atom is -0.324 e. The van der Waals surface area contributed by atoms with Crippen LogP contribution in [-0.4, -0.2) is 22.6 Å². The van der Waals surface area contributed by atoms with Crippen LogP contribution in [0.25, 0.3) is 0 Å². The first-order chi connectivity index (χ1) is 7.99. The summed E-state index contributed by atoms with van der Waals surface area (Å²) in [6.45, 7) is 0. The number of halogens is 2. The van der Waals surface area contributed by atoms with E-state index in [0.717, 1.165) is 0 Å². The van der Waals surface area contributed by atoms with Crippen LogP contribution < -0.4 is 10.6 Å². The van der Waals surface area contributed by atoms with Crippen LogP contribution in [0.5, 0.6) is 0 Å². The first kappa shape index (κ1) is 11.9. The zero-order valence-electron chi connectivity index (χ0n) is 8.29. The van der Waals surface area contributed by atoms with Gasteiger partial charge < -0.3 is 5.32 Å². The Morgan fingerprint density at radius 3 is 2.47 bits per heavy atom. The van der Waals surface area contributed by atoms with Gasteiger partial charge in [0.15, 0.2) is 4.84 Å². The maximum absolute atomic E-state index is 11.4. The molecular formula is C10H6Cl2N2O3. The van der Waals surface area contributed by atoms with E-state index in [1.165, 1.54) is 18.2 Å². The number of benzene rings is 1. The number of hydrogen-bond acceptors (Lipinski definition) is 3. The minimum absolute atomic E-state index is 0.216. The highest BCUT2D eigenvalue weighted by atomic mass is 35.5. The standard InChI is InChI=1S/C10H6Cl2N2O3/c11-7(12)10(17)13-4-1-2-5-6(3-4)9(16)14-8(5)15/h1-3,7H,(H,13,17)(H,14,15,16). The third-order valence-corrected chi connectivity index (χ3v) is 2.60. The number of nitrogens with one attached hydrogen (secondary N) is 2. The lowest BCUT2D eigenvalue weighted by molar-refractivity contribution is -0.114. The summed E-state index contributed by atoms with van der Waals surface area (Å²) < 4.78 is 0. The van der Waals surface area contributed by atoms with Crippen LogP contribution in [0.3, 0.4) is 0 Å². The molecule has 1 aliphatic heterocycles. The average molecular weight is 273 g/mol. The number of anilines is 1. The molecule has 7 heteroatoms. The Bertz CT molecular complexity index is 528. The van der Waals surface area contributed by atoms with Crippen molar-refractivity contribution in [3.05, 3.63) is 29.3 Å². The number of carbonyl (C=O) groups excluding carboxylic acids is 3. The van der Waals surface area contributed by atoms with Gasteiger partial charge in [-0.05, 0) is 18.2 Å². The lowest BCUT2D eigenvalue weighted by Crippen LogP contribution is -2.20. The highest BCUT2D eigenvalue weighted by molar-refractivity contribution is 6.54. The Kier molecular flexibility index (Phi) is 3.04. The molecule has 0 saturated carbocycles. The largest absolute Gasteiger partial charge is 0.324 e. The van der Waals surface area contributed by atoms with Crippen molar-refractivity contribution in [2.75, 3.05) is 5.32 Å². The topological polar surface area (TPSA) is 75.3 Å². The molecule has 17 heavy (non-hydrogen) atoms. The molecule has 0 aliphatic carbocycles. The molecule has 0 radical (unpaired) electrons. The lowest BCUT2D eigenvalue weighted by atomic mass is 10.1. The quantitative estimate of drug-likeness (QED) is 0.630. The fourth-order valence-electron chi connectivity index (χ4n) is 1.44.